The van der Waals surface area contributed by atoms with Crippen LogP contribution in [0.15, 0.2) is 65.5 Å². The second kappa shape index (κ2) is 9.95. The molecule has 0 radical (unpaired) electrons. The van der Waals surface area contributed by atoms with E-state index in [0.29, 0.717) is 16.9 Å². The lowest BCUT2D eigenvalue weighted by molar-refractivity contribution is 0.0934. The number of alkyl halides is 3. The first-order chi connectivity index (χ1) is 15.1. The fourth-order valence-corrected chi connectivity index (χ4v) is 3.54. The summed E-state index contributed by atoms with van der Waals surface area (Å²) in [4.78, 5) is 25.5. The lowest BCUT2D eigenvalue weighted by Gasteiger charge is -2.27. The molecule has 0 aliphatic rings. The Kier molecular flexibility index (Phi) is 7.51. The van der Waals surface area contributed by atoms with Gasteiger partial charge in [0.15, 0.2) is 5.11 Å². The number of thiocarbonyl (C=S) groups is 1. The predicted molar refractivity (Wildman–Crippen MR) is 133 cm³/mol. The molecule has 1 amide bonds. The molecule has 0 aliphatic heterocycles. The van der Waals surface area contributed by atoms with Gasteiger partial charge in [0, 0.05) is 12.6 Å². The molecule has 0 unspecified atom stereocenters. The van der Waals surface area contributed by atoms with Crippen LogP contribution in [-0.2, 0) is 7.05 Å². The molecule has 1 atom stereocenters. The fraction of sp³-hybridized carbons (Fsp3) is 0.190. The summed E-state index contributed by atoms with van der Waals surface area (Å²) < 4.78 is 1.28. The Morgan fingerprint density at radius 3 is 2.12 bits per heavy atom. The molecule has 1 heterocycles. The lowest BCUT2D eigenvalue weighted by Crippen LogP contribution is -2.56. The lowest BCUT2D eigenvalue weighted by atomic mass is 10.2. The number of benzene rings is 2. The molecule has 0 fully saturated rings. The van der Waals surface area contributed by atoms with Gasteiger partial charge in [-0.3, -0.25) is 14.3 Å². The van der Waals surface area contributed by atoms with E-state index in [2.05, 4.69) is 16.0 Å². The van der Waals surface area contributed by atoms with E-state index in [1.807, 2.05) is 30.3 Å². The van der Waals surface area contributed by atoms with Crippen LogP contribution in [-0.4, -0.2) is 30.3 Å². The smallest absolute Gasteiger partial charge is 0.295 e. The van der Waals surface area contributed by atoms with Gasteiger partial charge >= 0.3 is 0 Å². The van der Waals surface area contributed by atoms with Crippen molar-refractivity contribution >= 4 is 63.7 Å². The minimum Gasteiger partial charge on any atom is -0.339 e. The number of hydrogen-bond acceptors (Lipinski definition) is 3. The van der Waals surface area contributed by atoms with Crippen LogP contribution in [0.2, 0.25) is 0 Å². The van der Waals surface area contributed by atoms with Crippen LogP contribution in [0.4, 0.5) is 5.69 Å². The molecule has 3 rings (SSSR count). The van der Waals surface area contributed by atoms with Crippen molar-refractivity contribution < 1.29 is 4.79 Å². The maximum absolute atomic E-state index is 13.0. The van der Waals surface area contributed by atoms with Crippen molar-refractivity contribution in [2.75, 3.05) is 5.32 Å². The highest BCUT2D eigenvalue weighted by atomic mass is 35.6. The Bertz CT molecular complexity index is 1170. The Morgan fingerprint density at radius 1 is 1.00 bits per heavy atom. The molecule has 168 valence electrons. The Morgan fingerprint density at radius 2 is 1.56 bits per heavy atom. The number of anilines is 1. The molecule has 0 aliphatic carbocycles. The minimum atomic E-state index is -1.92. The largest absolute Gasteiger partial charge is 0.339 e. The van der Waals surface area contributed by atoms with Crippen molar-refractivity contribution in [3.63, 3.8) is 0 Å². The first-order valence-electron chi connectivity index (χ1n) is 9.43. The van der Waals surface area contributed by atoms with E-state index in [9.17, 15) is 9.59 Å². The fourth-order valence-electron chi connectivity index (χ4n) is 3.00. The van der Waals surface area contributed by atoms with Crippen molar-refractivity contribution in [3.8, 4) is 5.69 Å². The van der Waals surface area contributed by atoms with Crippen LogP contribution in [0, 0.1) is 6.92 Å². The highest BCUT2D eigenvalue weighted by Gasteiger charge is 2.35. The van der Waals surface area contributed by atoms with Crippen LogP contribution in [0.25, 0.3) is 5.69 Å². The van der Waals surface area contributed by atoms with Crippen LogP contribution < -0.4 is 21.5 Å². The summed E-state index contributed by atoms with van der Waals surface area (Å²) in [6.07, 6.45) is -1.17. The van der Waals surface area contributed by atoms with Crippen LogP contribution >= 0.6 is 47.0 Å². The van der Waals surface area contributed by atoms with E-state index < -0.39 is 15.9 Å². The third-order valence-corrected chi connectivity index (χ3v) is 5.58. The van der Waals surface area contributed by atoms with Crippen LogP contribution in [0.1, 0.15) is 16.1 Å². The molecule has 0 bridgehead atoms. The number of hydrogen-bond donors (Lipinski definition) is 3. The first-order valence-corrected chi connectivity index (χ1v) is 11.0. The Balaban J connectivity index is 1.80. The average Bonchev–Trinajstić information content (AvgIpc) is 2.97. The van der Waals surface area contributed by atoms with E-state index in [1.54, 1.807) is 49.0 Å². The van der Waals surface area contributed by atoms with E-state index in [1.165, 1.54) is 4.68 Å². The second-order valence-corrected chi connectivity index (χ2v) is 9.63. The number of carbonyl (C=O) groups is 1. The molecule has 0 saturated heterocycles. The zero-order valence-electron chi connectivity index (χ0n) is 17.1. The van der Waals surface area contributed by atoms with Gasteiger partial charge in [-0.2, -0.15) is 0 Å². The molecular weight excluding hydrogens is 493 g/mol. The standard InChI is InChI=1S/C21H20Cl3N5O2S/c1-13-16(18(31)29(28(13)2)15-11-7-4-8-12-15)25-20(32)27-19(21(22,23)24)26-17(30)14-9-5-3-6-10-14/h3-12,19H,1-2H3,(H,26,30)(H2,25,27,32)/t19-/m1/s1. The number of rotatable bonds is 5. The number of para-hydroxylation sites is 1. The predicted octanol–water partition coefficient (Wildman–Crippen LogP) is 3.90. The molecule has 0 spiro atoms. The molecular formula is C21H20Cl3N5O2S. The minimum absolute atomic E-state index is 0.000647. The molecule has 0 saturated carbocycles. The van der Waals surface area contributed by atoms with Crippen LogP contribution in [0.3, 0.4) is 0 Å². The van der Waals surface area contributed by atoms with Crippen molar-refractivity contribution in [1.82, 2.24) is 20.0 Å². The third-order valence-electron chi connectivity index (χ3n) is 4.71. The zero-order valence-corrected chi connectivity index (χ0v) is 20.2. The summed E-state index contributed by atoms with van der Waals surface area (Å²) in [6.45, 7) is 1.77. The molecule has 3 aromatic rings. The third kappa shape index (κ3) is 5.45. The maximum atomic E-state index is 13.0. The van der Waals surface area contributed by atoms with Gasteiger partial charge in [0.1, 0.15) is 11.9 Å². The number of nitrogens with one attached hydrogen (secondary N) is 3. The quantitative estimate of drug-likeness (QED) is 0.274. The summed E-state index contributed by atoms with van der Waals surface area (Å²) in [6, 6.07) is 17.6. The molecule has 2 aromatic carbocycles. The average molecular weight is 513 g/mol. The highest BCUT2D eigenvalue weighted by molar-refractivity contribution is 7.80. The van der Waals surface area contributed by atoms with E-state index in [4.69, 9.17) is 47.0 Å². The second-order valence-electron chi connectivity index (χ2n) is 6.85. The maximum Gasteiger partial charge on any atom is 0.295 e. The SMILES string of the molecule is Cc1c(NC(=S)N[C@@H](NC(=O)c2ccccc2)C(Cl)(Cl)Cl)c(=O)n(-c2ccccc2)n1C. The molecule has 1 aromatic heterocycles. The Labute approximate surface area is 205 Å². The van der Waals surface area contributed by atoms with Gasteiger partial charge in [-0.15, -0.1) is 0 Å². The number of amides is 1. The molecule has 7 nitrogen and oxygen atoms in total. The number of carbonyl (C=O) groups excluding carboxylic acids is 1. The van der Waals surface area contributed by atoms with E-state index in [0.717, 1.165) is 0 Å². The summed E-state index contributed by atoms with van der Waals surface area (Å²) >= 11 is 23.5. The van der Waals surface area contributed by atoms with Gasteiger partial charge in [0.2, 0.25) is 3.79 Å². The van der Waals surface area contributed by atoms with Gasteiger partial charge < -0.3 is 16.0 Å². The first kappa shape index (κ1) is 24.1. The van der Waals surface area contributed by atoms with Crippen molar-refractivity contribution in [2.24, 2.45) is 7.05 Å². The van der Waals surface area contributed by atoms with E-state index in [-0.39, 0.29) is 16.4 Å². The number of nitrogens with zero attached hydrogens (tertiary/aromatic N) is 2. The van der Waals surface area contributed by atoms with Crippen molar-refractivity contribution in [1.29, 1.82) is 0 Å². The monoisotopic (exact) mass is 511 g/mol. The number of halogens is 3. The highest BCUT2D eigenvalue weighted by Crippen LogP contribution is 2.29. The summed E-state index contributed by atoms with van der Waals surface area (Å²) in [5, 5.41) is 8.23. The molecule has 3 N–H and O–H groups in total. The van der Waals surface area contributed by atoms with Gasteiger partial charge in [0.05, 0.1) is 11.4 Å². The summed E-state index contributed by atoms with van der Waals surface area (Å²) in [5.74, 6) is -0.459. The Hall–Kier alpha value is -2.52. The molecule has 32 heavy (non-hydrogen) atoms. The van der Waals surface area contributed by atoms with Gasteiger partial charge in [0.25, 0.3) is 11.5 Å². The number of aromatic nitrogens is 2. The summed E-state index contributed by atoms with van der Waals surface area (Å²) in [5.41, 5.74) is 1.67. The van der Waals surface area contributed by atoms with Gasteiger partial charge in [-0.1, -0.05) is 71.2 Å². The zero-order chi connectivity index (χ0) is 23.5. The van der Waals surface area contributed by atoms with Crippen LogP contribution in [0.5, 0.6) is 0 Å². The molecule has 11 heteroatoms. The van der Waals surface area contributed by atoms with Crippen molar-refractivity contribution in [2.45, 2.75) is 16.9 Å². The van der Waals surface area contributed by atoms with Gasteiger partial charge in [-0.05, 0) is 43.4 Å². The van der Waals surface area contributed by atoms with Crippen molar-refractivity contribution in [3.05, 3.63) is 82.3 Å². The van der Waals surface area contributed by atoms with Gasteiger partial charge in [-0.25, -0.2) is 4.68 Å². The normalized spacial score (nSPS) is 12.2. The van der Waals surface area contributed by atoms with E-state index >= 15 is 0 Å². The summed E-state index contributed by atoms with van der Waals surface area (Å²) in [7, 11) is 1.76. The topological polar surface area (TPSA) is 80.1 Å².